The van der Waals surface area contributed by atoms with Gasteiger partial charge in [0.15, 0.2) is 0 Å². The molecule has 0 saturated carbocycles. The highest BCUT2D eigenvalue weighted by Gasteiger charge is 2.56. The van der Waals surface area contributed by atoms with Crippen molar-refractivity contribution < 1.29 is 8.83 Å². The number of rotatable bonds is 9. The number of benzene rings is 16. The summed E-state index contributed by atoms with van der Waals surface area (Å²) >= 11 is 0. The second-order valence-corrected chi connectivity index (χ2v) is 30.5. The molecule has 4 aliphatic carbocycles. The Morgan fingerprint density at radius 2 is 0.527 bits per heavy atom. The van der Waals surface area contributed by atoms with Gasteiger partial charge in [-0.2, -0.15) is 0 Å². The maximum atomic E-state index is 6.88. The minimum Gasteiger partial charge on any atom is -0.456 e. The van der Waals surface area contributed by atoms with Crippen molar-refractivity contribution in [1.82, 2.24) is 9.97 Å². The predicted octanol–water partition coefficient (Wildman–Crippen LogP) is 28.0. The Morgan fingerprint density at radius 1 is 0.179 bits per heavy atom. The van der Waals surface area contributed by atoms with E-state index in [1.165, 1.54) is 77.5 Å². The van der Waals surface area contributed by atoms with Crippen LogP contribution in [0.5, 0.6) is 0 Å². The first kappa shape index (κ1) is 62.5. The van der Waals surface area contributed by atoms with Crippen LogP contribution in [-0.4, -0.2) is 9.97 Å². The summed E-state index contributed by atoms with van der Waals surface area (Å²) < 4.78 is 13.7. The van der Waals surface area contributed by atoms with Gasteiger partial charge in [-0.15, -0.1) is 0 Å². The van der Waals surface area contributed by atoms with Gasteiger partial charge < -0.3 is 8.83 Å². The van der Waals surface area contributed by atoms with Crippen LogP contribution in [0.3, 0.4) is 0 Å². The largest absolute Gasteiger partial charge is 0.456 e. The van der Waals surface area contributed by atoms with Crippen molar-refractivity contribution in [3.8, 4) is 146 Å². The number of nitrogens with zero attached hydrogens (tertiary/aromatic N) is 2. The number of para-hydroxylation sites is 2. The molecule has 1 atom stereocenters. The molecule has 24 rings (SSSR count). The summed E-state index contributed by atoms with van der Waals surface area (Å²) in [5.41, 5.74) is 37.3. The molecule has 2 spiro atoms. The van der Waals surface area contributed by atoms with E-state index in [1.54, 1.807) is 0 Å². The lowest BCUT2D eigenvalue weighted by Crippen LogP contribution is -2.25. The van der Waals surface area contributed by atoms with Crippen molar-refractivity contribution in [3.63, 3.8) is 0 Å². The van der Waals surface area contributed by atoms with Crippen LogP contribution in [0.25, 0.3) is 189 Å². The molecular weight excluding hydrogens is 1360 g/mol. The molecule has 0 saturated heterocycles. The molecule has 4 heterocycles. The highest BCUT2D eigenvalue weighted by molar-refractivity contribution is 6.05. The van der Waals surface area contributed by atoms with Crippen LogP contribution < -0.4 is 0 Å². The van der Waals surface area contributed by atoms with E-state index in [2.05, 4.69) is 388 Å². The molecule has 4 aliphatic rings. The van der Waals surface area contributed by atoms with Gasteiger partial charge in [0.2, 0.25) is 0 Å². The van der Waals surface area contributed by atoms with Crippen molar-refractivity contribution in [3.05, 3.63) is 433 Å². The van der Waals surface area contributed by atoms with E-state index >= 15 is 0 Å². The standard InChI is InChI=1S/C108H64N2O2/c1-2-21-69(22-3-1)97-61-81(68-42-40-66(41-43-68)76-50-52-87-96(60-76)108(104-89-33-11-17-39-102(89)112-106(87)104)91-34-12-6-28-83(91)84-29-7-13-35-92(84)108)62-99(109-97)79-49-46-67-44-47-74(57-80(67)58-79)72-25-19-27-77(56-72)98-63-82(64-100(110-98)78-48-45-65-20-4-5-23-70(65)55-78)73-26-18-24-71(54-73)75-51-53-95-90(59-75)85-30-8-14-36-93(85)107(95)94-37-15-9-31-86(94)105-103(107)88-32-10-16-38-101(88)111-105/h1-64H. The maximum absolute atomic E-state index is 6.88. The molecule has 4 aromatic heterocycles. The lowest BCUT2D eigenvalue weighted by Gasteiger charge is -2.30. The lowest BCUT2D eigenvalue weighted by molar-refractivity contribution is 0.628. The van der Waals surface area contributed by atoms with Crippen molar-refractivity contribution in [2.24, 2.45) is 0 Å². The SMILES string of the molecule is c1ccc(-c2cc(-c3ccc(-c4ccc5c(c4)C4(c6ccccc6-c6ccccc64)c4c-5oc5ccccc45)cc3)cc(-c3ccc4ccc(-c5cccc(-c6cc(-c7cccc(-c8ccc9c(c8)-c8ccccc8C98c9ccccc9-c9oc%10ccccc%10c98)c7)cc(-c7ccc8ccccc8c7)n6)c5)cc4c3)n2)cc1. The second-order valence-electron chi connectivity index (χ2n) is 30.5. The summed E-state index contributed by atoms with van der Waals surface area (Å²) in [5.74, 6) is 1.92. The highest BCUT2D eigenvalue weighted by atomic mass is 16.3. The normalized spacial score (nSPS) is 14.2. The van der Waals surface area contributed by atoms with Gasteiger partial charge in [0.1, 0.15) is 22.7 Å². The summed E-state index contributed by atoms with van der Waals surface area (Å²) in [4.78, 5) is 11.0. The van der Waals surface area contributed by atoms with Crippen LogP contribution in [0, 0.1) is 0 Å². The number of furan rings is 2. The Hall–Kier alpha value is -14.6. The zero-order valence-corrected chi connectivity index (χ0v) is 60.7. The second kappa shape index (κ2) is 24.0. The fourth-order valence-corrected chi connectivity index (χ4v) is 19.7. The molecule has 0 radical (unpaired) electrons. The van der Waals surface area contributed by atoms with E-state index in [0.717, 1.165) is 156 Å². The molecular formula is C108H64N2O2. The summed E-state index contributed by atoms with van der Waals surface area (Å²) in [5, 5.41) is 6.97. The van der Waals surface area contributed by atoms with Crippen LogP contribution in [0.2, 0.25) is 0 Å². The Labute approximate surface area is 647 Å². The van der Waals surface area contributed by atoms with Crippen LogP contribution in [-0.2, 0) is 10.8 Å². The minimum absolute atomic E-state index is 0.523. The smallest absolute Gasteiger partial charge is 0.140 e. The lowest BCUT2D eigenvalue weighted by atomic mass is 9.70. The van der Waals surface area contributed by atoms with Gasteiger partial charge in [0.05, 0.1) is 33.6 Å². The number of hydrogen-bond donors (Lipinski definition) is 0. The average Bonchev–Trinajstić information content (AvgIpc) is 1.50. The highest BCUT2D eigenvalue weighted by Crippen LogP contribution is 2.67. The van der Waals surface area contributed by atoms with E-state index in [0.29, 0.717) is 0 Å². The van der Waals surface area contributed by atoms with Gasteiger partial charge in [-0.25, -0.2) is 9.97 Å². The number of aromatic nitrogens is 2. The minimum atomic E-state index is -0.536. The molecule has 4 nitrogen and oxygen atoms in total. The predicted molar refractivity (Wildman–Crippen MR) is 458 cm³/mol. The first-order valence-corrected chi connectivity index (χ1v) is 38.6. The molecule has 0 amide bonds. The van der Waals surface area contributed by atoms with Gasteiger partial charge >= 0.3 is 0 Å². The van der Waals surface area contributed by atoms with Gasteiger partial charge in [-0.05, 0) is 212 Å². The molecule has 0 aliphatic heterocycles. The Bertz CT molecular complexity index is 7350. The topological polar surface area (TPSA) is 52.1 Å². The van der Waals surface area contributed by atoms with Crippen LogP contribution in [0.1, 0.15) is 44.5 Å². The zero-order chi connectivity index (χ0) is 73.3. The monoisotopic (exact) mass is 1420 g/mol. The molecule has 0 fully saturated rings. The molecule has 4 heteroatoms. The Kier molecular flexibility index (Phi) is 13.4. The van der Waals surface area contributed by atoms with Crippen molar-refractivity contribution in [1.29, 1.82) is 0 Å². The first-order valence-electron chi connectivity index (χ1n) is 38.6. The van der Waals surface area contributed by atoms with E-state index in [-0.39, 0.29) is 0 Å². The van der Waals surface area contributed by atoms with Crippen LogP contribution in [0.15, 0.2) is 397 Å². The molecule has 112 heavy (non-hydrogen) atoms. The van der Waals surface area contributed by atoms with Gasteiger partial charge in [0.25, 0.3) is 0 Å². The van der Waals surface area contributed by atoms with Gasteiger partial charge in [0, 0.05) is 55.3 Å². The van der Waals surface area contributed by atoms with Crippen molar-refractivity contribution in [2.75, 3.05) is 0 Å². The van der Waals surface area contributed by atoms with E-state index in [9.17, 15) is 0 Å². The third-order valence-electron chi connectivity index (χ3n) is 24.7. The summed E-state index contributed by atoms with van der Waals surface area (Å²) in [7, 11) is 0. The Balaban J connectivity index is 0.573. The summed E-state index contributed by atoms with van der Waals surface area (Å²) in [6.07, 6.45) is 0. The van der Waals surface area contributed by atoms with Gasteiger partial charge in [-0.1, -0.05) is 309 Å². The van der Waals surface area contributed by atoms with Crippen molar-refractivity contribution in [2.45, 2.75) is 10.8 Å². The molecule has 0 bridgehead atoms. The molecule has 518 valence electrons. The fourth-order valence-electron chi connectivity index (χ4n) is 19.7. The fraction of sp³-hybridized carbons (Fsp3) is 0.0185. The molecule has 16 aromatic carbocycles. The molecule has 1 unspecified atom stereocenters. The molecule has 0 N–H and O–H groups in total. The number of pyridine rings is 2. The quantitative estimate of drug-likeness (QED) is 0.145. The average molecular weight is 1420 g/mol. The van der Waals surface area contributed by atoms with Gasteiger partial charge in [-0.3, -0.25) is 0 Å². The van der Waals surface area contributed by atoms with Crippen LogP contribution >= 0.6 is 0 Å². The third kappa shape index (κ3) is 9.12. The van der Waals surface area contributed by atoms with Crippen LogP contribution in [0.4, 0.5) is 0 Å². The summed E-state index contributed by atoms with van der Waals surface area (Å²) in [6.45, 7) is 0. The third-order valence-corrected chi connectivity index (χ3v) is 24.7. The summed E-state index contributed by atoms with van der Waals surface area (Å²) in [6, 6.07) is 143. The maximum Gasteiger partial charge on any atom is 0.140 e. The molecule has 20 aromatic rings. The van der Waals surface area contributed by atoms with Crippen molar-refractivity contribution >= 4 is 43.5 Å². The van der Waals surface area contributed by atoms with E-state index in [4.69, 9.17) is 18.8 Å². The Morgan fingerprint density at radius 3 is 1.14 bits per heavy atom. The van der Waals surface area contributed by atoms with E-state index < -0.39 is 10.8 Å². The zero-order valence-electron chi connectivity index (χ0n) is 60.7. The first-order chi connectivity index (χ1) is 55.4. The number of hydrogen-bond acceptors (Lipinski definition) is 4. The number of fused-ring (bicyclic) bond motifs is 26. The van der Waals surface area contributed by atoms with E-state index in [1.807, 2.05) is 0 Å².